The Morgan fingerprint density at radius 3 is 2.47 bits per heavy atom. The van der Waals surface area contributed by atoms with Crippen LogP contribution in [-0.4, -0.2) is 22.0 Å². The second-order valence-electron chi connectivity index (χ2n) is 4.20. The molecule has 1 unspecified atom stereocenters. The molecule has 0 bridgehead atoms. The van der Waals surface area contributed by atoms with Gasteiger partial charge in [-0.3, -0.25) is 0 Å². The van der Waals surface area contributed by atoms with Crippen LogP contribution in [0.2, 0.25) is 0 Å². The largest absolute Gasteiger partial charge is 0.312 e. The fourth-order valence-corrected chi connectivity index (χ4v) is 2.23. The summed E-state index contributed by atoms with van der Waals surface area (Å²) in [6.07, 6.45) is 2.30. The van der Waals surface area contributed by atoms with Crippen molar-refractivity contribution in [3.63, 3.8) is 0 Å². The highest BCUT2D eigenvalue weighted by atomic mass is 79.9. The van der Waals surface area contributed by atoms with Gasteiger partial charge in [0, 0.05) is 7.05 Å². The van der Waals surface area contributed by atoms with E-state index in [0.29, 0.717) is 6.04 Å². The maximum Gasteiger partial charge on any atom is 0.153 e. The smallest absolute Gasteiger partial charge is 0.153 e. The third kappa shape index (κ3) is 3.28. The summed E-state index contributed by atoms with van der Waals surface area (Å²) in [5.74, 6) is 0.723. The molecule has 1 heterocycles. The van der Waals surface area contributed by atoms with E-state index in [0.717, 1.165) is 22.6 Å². The molecule has 1 aromatic rings. The van der Waals surface area contributed by atoms with E-state index in [2.05, 4.69) is 45.4 Å². The Hall–Kier alpha value is -0.420. The van der Waals surface area contributed by atoms with E-state index >= 15 is 0 Å². The van der Waals surface area contributed by atoms with Crippen LogP contribution < -0.4 is 5.32 Å². The molecular formula is C10H19BrN4. The van der Waals surface area contributed by atoms with Crippen molar-refractivity contribution in [2.75, 3.05) is 7.05 Å². The fraction of sp³-hybridized carbons (Fsp3) is 0.800. The molecule has 5 heteroatoms. The molecule has 0 radical (unpaired) electrons. The Bertz CT molecular complexity index is 289. The van der Waals surface area contributed by atoms with Crippen LogP contribution in [0.3, 0.4) is 0 Å². The van der Waals surface area contributed by atoms with E-state index in [1.165, 1.54) is 6.42 Å². The second kappa shape index (κ2) is 5.61. The summed E-state index contributed by atoms with van der Waals surface area (Å²) in [5.41, 5.74) is 1.12. The van der Waals surface area contributed by atoms with E-state index in [1.54, 1.807) is 0 Å². The predicted octanol–water partition coefficient (Wildman–Crippen LogP) is 2.27. The topological polar surface area (TPSA) is 42.7 Å². The van der Waals surface area contributed by atoms with Gasteiger partial charge in [0.25, 0.3) is 0 Å². The number of nitrogens with one attached hydrogen (secondary N) is 1. The van der Waals surface area contributed by atoms with E-state index < -0.39 is 0 Å². The molecule has 0 fully saturated rings. The number of hydrogen-bond acceptors (Lipinski definition) is 3. The van der Waals surface area contributed by atoms with Crippen LogP contribution in [0, 0.1) is 5.92 Å². The first-order valence-electron chi connectivity index (χ1n) is 5.28. The highest BCUT2D eigenvalue weighted by molar-refractivity contribution is 9.10. The zero-order chi connectivity index (χ0) is 11.4. The highest BCUT2D eigenvalue weighted by Crippen LogP contribution is 2.25. The van der Waals surface area contributed by atoms with Crippen molar-refractivity contribution < 1.29 is 0 Å². The summed E-state index contributed by atoms with van der Waals surface area (Å²) in [6.45, 7) is 4.48. The Kier molecular flexibility index (Phi) is 4.73. The van der Waals surface area contributed by atoms with Gasteiger partial charge in [0.2, 0.25) is 0 Å². The first-order chi connectivity index (χ1) is 7.06. The molecule has 4 nitrogen and oxygen atoms in total. The first kappa shape index (κ1) is 12.6. The molecule has 0 aliphatic carbocycles. The number of aromatic nitrogens is 3. The number of hydrogen-bond donors (Lipinski definition) is 1. The van der Waals surface area contributed by atoms with E-state index in [4.69, 9.17) is 0 Å². The summed E-state index contributed by atoms with van der Waals surface area (Å²) in [6, 6.07) is 0.321. The molecule has 0 aliphatic heterocycles. The van der Waals surface area contributed by atoms with Crippen LogP contribution >= 0.6 is 15.9 Å². The number of aryl methyl sites for hydroxylation is 1. The van der Waals surface area contributed by atoms with E-state index in [1.807, 2.05) is 18.8 Å². The lowest BCUT2D eigenvalue weighted by atomic mass is 10.0. The molecule has 1 N–H and O–H groups in total. The van der Waals surface area contributed by atoms with Gasteiger partial charge >= 0.3 is 0 Å². The summed E-state index contributed by atoms with van der Waals surface area (Å²) in [4.78, 5) is 0. The molecule has 1 atom stereocenters. The zero-order valence-electron chi connectivity index (χ0n) is 9.79. The van der Waals surface area contributed by atoms with E-state index in [9.17, 15) is 0 Å². The van der Waals surface area contributed by atoms with Gasteiger partial charge in [0.05, 0.1) is 11.7 Å². The lowest BCUT2D eigenvalue weighted by Crippen LogP contribution is -2.20. The van der Waals surface area contributed by atoms with Gasteiger partial charge in [-0.1, -0.05) is 19.1 Å². The van der Waals surface area contributed by atoms with Gasteiger partial charge in [-0.15, -0.1) is 5.10 Å². The summed E-state index contributed by atoms with van der Waals surface area (Å²) in [5, 5.41) is 11.3. The summed E-state index contributed by atoms with van der Waals surface area (Å²) in [7, 11) is 3.90. The summed E-state index contributed by atoms with van der Waals surface area (Å²) < 4.78 is 2.67. The van der Waals surface area contributed by atoms with E-state index in [-0.39, 0.29) is 0 Å². The summed E-state index contributed by atoms with van der Waals surface area (Å²) >= 11 is 3.43. The molecule has 0 saturated heterocycles. The lowest BCUT2D eigenvalue weighted by Gasteiger charge is -2.17. The van der Waals surface area contributed by atoms with Crippen LogP contribution in [0.1, 0.15) is 38.4 Å². The average molecular weight is 275 g/mol. The van der Waals surface area contributed by atoms with Crippen molar-refractivity contribution in [3.8, 4) is 0 Å². The van der Waals surface area contributed by atoms with Crippen LogP contribution in [0.15, 0.2) is 4.60 Å². The Morgan fingerprint density at radius 1 is 1.40 bits per heavy atom. The Balaban J connectivity index is 2.74. The minimum Gasteiger partial charge on any atom is -0.312 e. The van der Waals surface area contributed by atoms with Crippen molar-refractivity contribution >= 4 is 15.9 Å². The molecule has 86 valence electrons. The normalized spacial score (nSPS) is 13.5. The predicted molar refractivity (Wildman–Crippen MR) is 64.6 cm³/mol. The van der Waals surface area contributed by atoms with Crippen molar-refractivity contribution in [1.29, 1.82) is 0 Å². The lowest BCUT2D eigenvalue weighted by molar-refractivity contribution is 0.443. The first-order valence-corrected chi connectivity index (χ1v) is 6.07. The van der Waals surface area contributed by atoms with Gasteiger partial charge in [-0.2, -0.15) is 0 Å². The Labute approximate surface area is 99.6 Å². The quantitative estimate of drug-likeness (QED) is 0.896. The standard InChI is InChI=1S/C10H19BrN4/c1-7(2)5-6-8(12-3)9-10(11)13-14-15(9)4/h7-8,12H,5-6H2,1-4H3. The van der Waals surface area contributed by atoms with Gasteiger partial charge in [0.1, 0.15) is 0 Å². The minimum absolute atomic E-state index is 0.321. The molecule has 0 amide bonds. The monoisotopic (exact) mass is 274 g/mol. The van der Waals surface area contributed by atoms with Crippen LogP contribution in [0.4, 0.5) is 0 Å². The second-order valence-corrected chi connectivity index (χ2v) is 4.95. The molecule has 0 aromatic carbocycles. The molecular weight excluding hydrogens is 256 g/mol. The molecule has 1 aromatic heterocycles. The zero-order valence-corrected chi connectivity index (χ0v) is 11.4. The molecule has 0 saturated carbocycles. The van der Waals surface area contributed by atoms with Crippen LogP contribution in [-0.2, 0) is 7.05 Å². The maximum absolute atomic E-state index is 4.00. The van der Waals surface area contributed by atoms with Crippen LogP contribution in [0.5, 0.6) is 0 Å². The third-order valence-corrected chi connectivity index (χ3v) is 3.10. The van der Waals surface area contributed by atoms with Crippen molar-refractivity contribution in [3.05, 3.63) is 10.3 Å². The van der Waals surface area contributed by atoms with Crippen LogP contribution in [0.25, 0.3) is 0 Å². The number of nitrogens with zero attached hydrogens (tertiary/aromatic N) is 3. The van der Waals surface area contributed by atoms with Crippen molar-refractivity contribution in [1.82, 2.24) is 20.3 Å². The Morgan fingerprint density at radius 2 is 2.07 bits per heavy atom. The third-order valence-electron chi connectivity index (χ3n) is 2.54. The highest BCUT2D eigenvalue weighted by Gasteiger charge is 2.18. The van der Waals surface area contributed by atoms with Crippen molar-refractivity contribution in [2.24, 2.45) is 13.0 Å². The average Bonchev–Trinajstić information content (AvgIpc) is 2.49. The maximum atomic E-state index is 4.00. The molecule has 0 aliphatic rings. The number of halogens is 1. The molecule has 1 rings (SSSR count). The number of rotatable bonds is 5. The fourth-order valence-electron chi connectivity index (χ4n) is 1.63. The van der Waals surface area contributed by atoms with Gasteiger partial charge in [-0.05, 0) is 41.7 Å². The molecule has 15 heavy (non-hydrogen) atoms. The molecule has 0 spiro atoms. The SMILES string of the molecule is CNC(CCC(C)C)c1c(Br)nnn1C. The van der Waals surface area contributed by atoms with Gasteiger partial charge in [-0.25, -0.2) is 4.68 Å². The van der Waals surface area contributed by atoms with Gasteiger partial charge < -0.3 is 5.32 Å². The minimum atomic E-state index is 0.321. The van der Waals surface area contributed by atoms with Crippen molar-refractivity contribution in [2.45, 2.75) is 32.7 Å². The van der Waals surface area contributed by atoms with Gasteiger partial charge in [0.15, 0.2) is 4.60 Å².